The number of alkyl halides is 3. The van der Waals surface area contributed by atoms with Crippen LogP contribution in [0.5, 0.6) is 0 Å². The molecule has 1 aromatic rings. The second kappa shape index (κ2) is 6.88. The lowest BCUT2D eigenvalue weighted by Crippen LogP contribution is -2.43. The van der Waals surface area contributed by atoms with Gasteiger partial charge >= 0.3 is 12.1 Å². The number of aliphatic carboxylic acids is 1. The van der Waals surface area contributed by atoms with E-state index in [1.807, 2.05) is 12.2 Å². The molecule has 0 saturated carbocycles. The van der Waals surface area contributed by atoms with Crippen molar-refractivity contribution in [1.29, 1.82) is 0 Å². The van der Waals surface area contributed by atoms with Crippen LogP contribution >= 0.6 is 11.3 Å². The molecule has 2 N–H and O–H groups in total. The average Bonchev–Trinajstić information content (AvgIpc) is 2.68. The first-order chi connectivity index (χ1) is 9.64. The van der Waals surface area contributed by atoms with Crippen LogP contribution in [0.25, 0.3) is 0 Å². The van der Waals surface area contributed by atoms with E-state index in [2.05, 4.69) is 4.98 Å². The molecular formula is C12H15F3N2O3S. The number of carbonyl (C=O) groups excluding carboxylic acids is 1. The van der Waals surface area contributed by atoms with E-state index in [1.165, 1.54) is 0 Å². The van der Waals surface area contributed by atoms with Crippen molar-refractivity contribution in [3.05, 3.63) is 15.6 Å². The molecule has 0 saturated heterocycles. The SMILES string of the molecule is CCCc1nc(C)c(C(=O)NC(CC(F)(F)F)C(=O)O)s1. The molecule has 0 spiro atoms. The van der Waals surface area contributed by atoms with Crippen molar-refractivity contribution >= 4 is 23.2 Å². The number of aromatic nitrogens is 1. The van der Waals surface area contributed by atoms with Gasteiger partial charge in [-0.1, -0.05) is 6.92 Å². The van der Waals surface area contributed by atoms with Crippen LogP contribution in [0.4, 0.5) is 13.2 Å². The lowest BCUT2D eigenvalue weighted by Gasteiger charge is -2.15. The molecule has 0 aliphatic carbocycles. The van der Waals surface area contributed by atoms with Crippen molar-refractivity contribution < 1.29 is 27.9 Å². The summed E-state index contributed by atoms with van der Waals surface area (Å²) in [7, 11) is 0. The van der Waals surface area contributed by atoms with Crippen LogP contribution in [0.1, 0.15) is 40.1 Å². The fourth-order valence-corrected chi connectivity index (χ4v) is 2.71. The van der Waals surface area contributed by atoms with E-state index in [0.717, 1.165) is 17.8 Å². The first-order valence-corrected chi connectivity index (χ1v) is 7.02. The van der Waals surface area contributed by atoms with Gasteiger partial charge in [0.05, 0.1) is 17.1 Å². The number of amides is 1. The van der Waals surface area contributed by atoms with Crippen molar-refractivity contribution in [3.63, 3.8) is 0 Å². The average molecular weight is 324 g/mol. The maximum Gasteiger partial charge on any atom is 0.391 e. The van der Waals surface area contributed by atoms with Gasteiger partial charge in [-0.25, -0.2) is 9.78 Å². The molecule has 1 unspecified atom stereocenters. The van der Waals surface area contributed by atoms with Crippen LogP contribution in [0.15, 0.2) is 0 Å². The molecular weight excluding hydrogens is 309 g/mol. The molecule has 118 valence electrons. The minimum Gasteiger partial charge on any atom is -0.480 e. The molecule has 0 aliphatic heterocycles. The van der Waals surface area contributed by atoms with E-state index in [1.54, 1.807) is 6.92 Å². The van der Waals surface area contributed by atoms with E-state index in [9.17, 15) is 22.8 Å². The maximum absolute atomic E-state index is 12.3. The number of nitrogens with one attached hydrogen (secondary N) is 1. The van der Waals surface area contributed by atoms with Gasteiger partial charge in [-0.3, -0.25) is 4.79 Å². The van der Waals surface area contributed by atoms with E-state index >= 15 is 0 Å². The number of carboxylic acid groups (broad SMARTS) is 1. The standard InChI is InChI=1S/C12H15F3N2O3S/c1-3-4-8-16-6(2)9(21-8)10(18)17-7(11(19)20)5-12(13,14)15/h7H,3-5H2,1-2H3,(H,17,18)(H,19,20). The number of hydrogen-bond acceptors (Lipinski definition) is 4. The third-order valence-corrected chi connectivity index (χ3v) is 3.77. The number of halogens is 3. The lowest BCUT2D eigenvalue weighted by molar-refractivity contribution is -0.157. The lowest BCUT2D eigenvalue weighted by atomic mass is 10.2. The highest BCUT2D eigenvalue weighted by Crippen LogP contribution is 2.23. The summed E-state index contributed by atoms with van der Waals surface area (Å²) in [4.78, 5) is 27.0. The van der Waals surface area contributed by atoms with Gasteiger partial charge in [0.2, 0.25) is 0 Å². The zero-order valence-electron chi connectivity index (χ0n) is 11.5. The Hall–Kier alpha value is -1.64. The van der Waals surface area contributed by atoms with Crippen LogP contribution in [-0.4, -0.2) is 34.2 Å². The maximum atomic E-state index is 12.3. The van der Waals surface area contributed by atoms with Gasteiger partial charge in [-0.15, -0.1) is 11.3 Å². The Morgan fingerprint density at radius 2 is 2.05 bits per heavy atom. The van der Waals surface area contributed by atoms with Crippen molar-refractivity contribution in [1.82, 2.24) is 10.3 Å². The molecule has 1 heterocycles. The predicted octanol–water partition coefficient (Wildman–Crippen LogP) is 2.54. The Morgan fingerprint density at radius 3 is 2.52 bits per heavy atom. The van der Waals surface area contributed by atoms with Crippen LogP contribution in [0, 0.1) is 6.92 Å². The van der Waals surface area contributed by atoms with Gasteiger partial charge in [-0.05, 0) is 19.8 Å². The minimum absolute atomic E-state index is 0.145. The fraction of sp³-hybridized carbons (Fsp3) is 0.583. The summed E-state index contributed by atoms with van der Waals surface area (Å²) in [5, 5.41) is 11.4. The summed E-state index contributed by atoms with van der Waals surface area (Å²) in [6.07, 6.45) is -4.82. The summed E-state index contributed by atoms with van der Waals surface area (Å²) in [5.41, 5.74) is 0.386. The molecule has 1 aromatic heterocycles. The third kappa shape index (κ3) is 5.33. The Balaban J connectivity index is 2.84. The summed E-state index contributed by atoms with van der Waals surface area (Å²) < 4.78 is 36.8. The van der Waals surface area contributed by atoms with E-state index in [-0.39, 0.29) is 4.88 Å². The van der Waals surface area contributed by atoms with Crippen LogP contribution in [0.3, 0.4) is 0 Å². The second-order valence-corrected chi connectivity index (χ2v) is 5.54. The largest absolute Gasteiger partial charge is 0.480 e. The monoisotopic (exact) mass is 324 g/mol. The van der Waals surface area contributed by atoms with Crippen molar-refractivity contribution in [2.45, 2.75) is 45.3 Å². The summed E-state index contributed by atoms with van der Waals surface area (Å²) in [6.45, 7) is 3.49. The molecule has 21 heavy (non-hydrogen) atoms. The van der Waals surface area contributed by atoms with Crippen LogP contribution in [-0.2, 0) is 11.2 Å². The van der Waals surface area contributed by atoms with Gasteiger partial charge in [0.1, 0.15) is 10.9 Å². The van der Waals surface area contributed by atoms with Gasteiger partial charge < -0.3 is 10.4 Å². The molecule has 5 nitrogen and oxygen atoms in total. The highest BCUT2D eigenvalue weighted by Gasteiger charge is 2.36. The number of nitrogens with zero attached hydrogens (tertiary/aromatic N) is 1. The normalized spacial score (nSPS) is 13.0. The summed E-state index contributed by atoms with van der Waals surface area (Å²) >= 11 is 1.07. The Kier molecular flexibility index (Phi) is 5.70. The summed E-state index contributed by atoms with van der Waals surface area (Å²) in [6, 6.07) is -2.01. The zero-order valence-corrected chi connectivity index (χ0v) is 12.3. The summed E-state index contributed by atoms with van der Waals surface area (Å²) in [5.74, 6) is -2.57. The van der Waals surface area contributed by atoms with Gasteiger partial charge in [0, 0.05) is 0 Å². The highest BCUT2D eigenvalue weighted by atomic mass is 32.1. The number of carbonyl (C=O) groups is 2. The smallest absolute Gasteiger partial charge is 0.391 e. The first kappa shape index (κ1) is 17.4. The number of rotatable bonds is 6. The van der Waals surface area contributed by atoms with Crippen molar-refractivity contribution in [2.75, 3.05) is 0 Å². The Labute approximate surface area is 123 Å². The molecule has 0 radical (unpaired) electrons. The predicted molar refractivity (Wildman–Crippen MR) is 70.4 cm³/mol. The third-order valence-electron chi connectivity index (χ3n) is 2.55. The van der Waals surface area contributed by atoms with E-state index in [4.69, 9.17) is 5.11 Å². The molecule has 0 fully saturated rings. The number of aryl methyl sites for hydroxylation is 2. The van der Waals surface area contributed by atoms with Crippen molar-refractivity contribution in [2.24, 2.45) is 0 Å². The van der Waals surface area contributed by atoms with Crippen molar-refractivity contribution in [3.8, 4) is 0 Å². The topological polar surface area (TPSA) is 79.3 Å². The fourth-order valence-electron chi connectivity index (χ4n) is 1.64. The molecule has 1 rings (SSSR count). The van der Waals surface area contributed by atoms with Crippen LogP contribution < -0.4 is 5.32 Å². The number of carboxylic acids is 1. The molecule has 9 heteroatoms. The Bertz CT molecular complexity index is 528. The van der Waals surface area contributed by atoms with Gasteiger partial charge in [0.15, 0.2) is 0 Å². The molecule has 1 amide bonds. The molecule has 1 atom stereocenters. The molecule has 0 aliphatic rings. The van der Waals surface area contributed by atoms with Gasteiger partial charge in [0.25, 0.3) is 5.91 Å². The number of thiazole rings is 1. The minimum atomic E-state index is -4.67. The molecule has 0 aromatic carbocycles. The van der Waals surface area contributed by atoms with E-state index < -0.39 is 30.5 Å². The van der Waals surface area contributed by atoms with Crippen LogP contribution in [0.2, 0.25) is 0 Å². The van der Waals surface area contributed by atoms with Gasteiger partial charge in [-0.2, -0.15) is 13.2 Å². The quantitative estimate of drug-likeness (QED) is 0.843. The van der Waals surface area contributed by atoms with E-state index in [0.29, 0.717) is 17.1 Å². The zero-order chi connectivity index (χ0) is 16.2. The first-order valence-electron chi connectivity index (χ1n) is 6.20. The number of hydrogen-bond donors (Lipinski definition) is 2. The Morgan fingerprint density at radius 1 is 1.43 bits per heavy atom. The second-order valence-electron chi connectivity index (χ2n) is 4.46. The highest BCUT2D eigenvalue weighted by molar-refractivity contribution is 7.13. The molecule has 0 bridgehead atoms.